The highest BCUT2D eigenvalue weighted by Gasteiger charge is 2.58. The second-order valence-corrected chi connectivity index (χ2v) is 13.0. The maximum Gasteiger partial charge on any atom is 0.410 e. The van der Waals surface area contributed by atoms with Gasteiger partial charge in [0, 0.05) is 67.7 Å². The third-order valence-corrected chi connectivity index (χ3v) is 8.64. The third kappa shape index (κ3) is 5.42. The van der Waals surface area contributed by atoms with Gasteiger partial charge in [-0.15, -0.1) is 0 Å². The molecule has 10 nitrogen and oxygen atoms in total. The average Bonchev–Trinajstić information content (AvgIpc) is 3.28. The number of aromatic nitrogens is 3. The Kier molecular flexibility index (Phi) is 7.10. The molecule has 0 atom stereocenters. The summed E-state index contributed by atoms with van der Waals surface area (Å²) in [5, 5.41) is 4.52. The van der Waals surface area contributed by atoms with Gasteiger partial charge in [0.05, 0.1) is 29.9 Å². The number of fused-ring (bicyclic) bond motifs is 1. The zero-order valence-corrected chi connectivity index (χ0v) is 25.8. The summed E-state index contributed by atoms with van der Waals surface area (Å²) in [5.41, 5.74) is 11.5. The van der Waals surface area contributed by atoms with Gasteiger partial charge in [-0.05, 0) is 64.2 Å². The third-order valence-electron chi connectivity index (χ3n) is 8.64. The van der Waals surface area contributed by atoms with Crippen LogP contribution in [-0.2, 0) is 10.3 Å². The van der Waals surface area contributed by atoms with Crippen LogP contribution in [0.15, 0.2) is 54.9 Å². The first kappa shape index (κ1) is 28.6. The Hall–Kier alpha value is -4.47. The number of carbonyl (C=O) groups is 1. The molecule has 4 aromatic rings. The lowest BCUT2D eigenvalue weighted by atomic mass is 9.49. The van der Waals surface area contributed by atoms with E-state index in [1.807, 2.05) is 50.9 Å². The van der Waals surface area contributed by atoms with Gasteiger partial charge in [0.2, 0.25) is 5.95 Å². The van der Waals surface area contributed by atoms with Gasteiger partial charge in [-0.25, -0.2) is 14.8 Å². The van der Waals surface area contributed by atoms with E-state index in [1.54, 1.807) is 25.3 Å². The molecule has 2 heterocycles. The summed E-state index contributed by atoms with van der Waals surface area (Å²) in [5.74, 6) is 1.95. The fraction of sp³-hybridized carbons (Fsp3) is 0.424. The molecule has 0 unspecified atom stereocenters. The monoisotopic (exact) mass is 583 g/mol. The van der Waals surface area contributed by atoms with Gasteiger partial charge in [0.15, 0.2) is 0 Å². The summed E-state index contributed by atoms with van der Waals surface area (Å²) in [6.07, 6.45) is 7.50. The molecular formula is C33H41N7O3. The van der Waals surface area contributed by atoms with E-state index in [-0.39, 0.29) is 11.6 Å². The molecule has 2 aromatic carbocycles. The first-order valence-corrected chi connectivity index (χ1v) is 14.8. The van der Waals surface area contributed by atoms with E-state index >= 15 is 0 Å². The SMILES string of the molecule is COc1cc(N(C)CCN(C)C(=O)OC(C)(C)C)c(N)cc1Nc1nccc(-c2cn(C34CC(C3)C4)c3ccccc23)n1. The van der Waals surface area contributed by atoms with Gasteiger partial charge in [0.25, 0.3) is 0 Å². The van der Waals surface area contributed by atoms with Crippen LogP contribution in [0.2, 0.25) is 0 Å². The highest BCUT2D eigenvalue weighted by atomic mass is 16.6. The van der Waals surface area contributed by atoms with Crippen molar-refractivity contribution in [1.82, 2.24) is 19.4 Å². The number of hydrogen-bond acceptors (Lipinski definition) is 8. The predicted molar refractivity (Wildman–Crippen MR) is 171 cm³/mol. The van der Waals surface area contributed by atoms with Gasteiger partial charge in [0.1, 0.15) is 11.4 Å². The number of methoxy groups -OCH3 is 1. The molecule has 2 aromatic heterocycles. The Morgan fingerprint density at radius 3 is 2.56 bits per heavy atom. The van der Waals surface area contributed by atoms with Crippen molar-refractivity contribution >= 4 is 40.0 Å². The van der Waals surface area contributed by atoms with E-state index in [0.29, 0.717) is 36.2 Å². The summed E-state index contributed by atoms with van der Waals surface area (Å²) in [4.78, 5) is 25.3. The fourth-order valence-corrected chi connectivity index (χ4v) is 6.23. The molecule has 3 saturated carbocycles. The Bertz CT molecular complexity index is 1660. The van der Waals surface area contributed by atoms with E-state index in [4.69, 9.17) is 20.2 Å². The lowest BCUT2D eigenvalue weighted by Gasteiger charge is -2.62. The molecule has 3 aliphatic carbocycles. The molecule has 3 N–H and O–H groups in total. The fourth-order valence-electron chi connectivity index (χ4n) is 6.23. The number of amides is 1. The highest BCUT2D eigenvalue weighted by Crippen LogP contribution is 2.63. The maximum atomic E-state index is 12.4. The van der Waals surface area contributed by atoms with Crippen molar-refractivity contribution in [3.8, 4) is 17.0 Å². The summed E-state index contributed by atoms with van der Waals surface area (Å²) < 4.78 is 13.7. The molecule has 43 heavy (non-hydrogen) atoms. The largest absolute Gasteiger partial charge is 0.494 e. The molecule has 1 amide bonds. The van der Waals surface area contributed by atoms with Crippen molar-refractivity contribution < 1.29 is 14.3 Å². The van der Waals surface area contributed by atoms with Crippen LogP contribution in [0.5, 0.6) is 5.75 Å². The van der Waals surface area contributed by atoms with Gasteiger partial charge < -0.3 is 34.9 Å². The number of hydrogen-bond donors (Lipinski definition) is 2. The molecule has 0 aliphatic heterocycles. The summed E-state index contributed by atoms with van der Waals surface area (Å²) >= 11 is 0. The zero-order valence-electron chi connectivity index (χ0n) is 25.8. The Labute approximate surface area is 252 Å². The lowest BCUT2D eigenvalue weighted by Crippen LogP contribution is -2.58. The minimum absolute atomic E-state index is 0.279. The second-order valence-electron chi connectivity index (χ2n) is 13.0. The zero-order chi connectivity index (χ0) is 30.5. The Morgan fingerprint density at radius 2 is 1.88 bits per heavy atom. The van der Waals surface area contributed by atoms with Crippen LogP contribution in [0.1, 0.15) is 40.0 Å². The standard InChI is InChI=1S/C33H41N7O3/c1-32(2,3)43-31(41)39(5)14-13-38(4)28-16-29(42-6)26(15-24(28)34)37-30-35-12-11-25(36-30)23-20-40(33-17-21(18-33)19-33)27-10-8-7-9-22(23)27/h7-12,15-16,20-21H,13-14,17-19,34H2,1-6H3,(H,35,36,37). The number of nitrogen functional groups attached to an aromatic ring is 1. The Balaban J connectivity index is 1.20. The number of likely N-dealkylation sites (N-methyl/N-ethyl adjacent to an activating group) is 2. The van der Waals surface area contributed by atoms with Gasteiger partial charge in [-0.1, -0.05) is 18.2 Å². The van der Waals surface area contributed by atoms with Crippen molar-refractivity contribution in [3.05, 3.63) is 54.9 Å². The number of rotatable bonds is 9. The van der Waals surface area contributed by atoms with Crippen molar-refractivity contribution in [1.29, 1.82) is 0 Å². The number of anilines is 4. The van der Waals surface area contributed by atoms with E-state index in [1.165, 1.54) is 30.2 Å². The first-order valence-electron chi connectivity index (χ1n) is 14.8. The van der Waals surface area contributed by atoms with E-state index in [9.17, 15) is 4.79 Å². The number of nitrogens with zero attached hydrogens (tertiary/aromatic N) is 5. The summed E-state index contributed by atoms with van der Waals surface area (Å²) in [6, 6.07) is 14.2. The van der Waals surface area contributed by atoms with Crippen LogP contribution in [-0.4, -0.2) is 65.4 Å². The number of nitrogens with one attached hydrogen (secondary N) is 1. The van der Waals surface area contributed by atoms with Gasteiger partial charge >= 0.3 is 6.09 Å². The number of para-hydroxylation sites is 1. The average molecular weight is 584 g/mol. The van der Waals surface area contributed by atoms with Crippen molar-refractivity contribution in [3.63, 3.8) is 0 Å². The minimum Gasteiger partial charge on any atom is -0.494 e. The maximum absolute atomic E-state index is 12.4. The van der Waals surface area contributed by atoms with Crippen LogP contribution in [0.3, 0.4) is 0 Å². The van der Waals surface area contributed by atoms with Crippen LogP contribution in [0, 0.1) is 5.92 Å². The van der Waals surface area contributed by atoms with Crippen LogP contribution < -0.4 is 20.7 Å². The molecule has 0 radical (unpaired) electrons. The van der Waals surface area contributed by atoms with Crippen molar-refractivity contribution in [2.45, 2.75) is 51.2 Å². The first-order chi connectivity index (χ1) is 20.5. The molecule has 226 valence electrons. The molecule has 0 saturated heterocycles. The minimum atomic E-state index is -0.546. The van der Waals surface area contributed by atoms with Crippen molar-refractivity contribution in [2.24, 2.45) is 5.92 Å². The Morgan fingerprint density at radius 1 is 1.14 bits per heavy atom. The highest BCUT2D eigenvalue weighted by molar-refractivity contribution is 5.95. The predicted octanol–water partition coefficient (Wildman–Crippen LogP) is 6.24. The van der Waals surface area contributed by atoms with E-state index < -0.39 is 5.60 Å². The van der Waals surface area contributed by atoms with Gasteiger partial charge in [-0.3, -0.25) is 0 Å². The quantitative estimate of drug-likeness (QED) is 0.223. The number of carbonyl (C=O) groups excluding carboxylic acids is 1. The van der Waals surface area contributed by atoms with Crippen molar-refractivity contribution in [2.75, 3.05) is 50.2 Å². The smallest absolute Gasteiger partial charge is 0.410 e. The molecule has 2 bridgehead atoms. The second kappa shape index (κ2) is 10.7. The van der Waals surface area contributed by atoms with Gasteiger partial charge in [-0.2, -0.15) is 0 Å². The van der Waals surface area contributed by atoms with Crippen LogP contribution >= 0.6 is 0 Å². The molecule has 3 fully saturated rings. The molecule has 3 aliphatic rings. The number of ether oxygens (including phenoxy) is 2. The van der Waals surface area contributed by atoms with Crippen LogP contribution in [0.4, 0.5) is 27.8 Å². The molecule has 7 rings (SSSR count). The van der Waals surface area contributed by atoms with E-state index in [0.717, 1.165) is 22.9 Å². The topological polar surface area (TPSA) is 111 Å². The number of nitrogens with two attached hydrogens (primary N) is 1. The molecular weight excluding hydrogens is 542 g/mol. The summed E-state index contributed by atoms with van der Waals surface area (Å²) in [6.45, 7) is 6.57. The summed E-state index contributed by atoms with van der Waals surface area (Å²) in [7, 11) is 5.27. The van der Waals surface area contributed by atoms with E-state index in [2.05, 4.69) is 45.3 Å². The lowest BCUT2D eigenvalue weighted by molar-refractivity contribution is -0.0854. The molecule has 10 heteroatoms. The molecule has 0 spiro atoms. The normalized spacial score (nSPS) is 18.9. The van der Waals surface area contributed by atoms with Crippen LogP contribution in [0.25, 0.3) is 22.2 Å². The number of benzene rings is 2.